The molecule has 0 radical (unpaired) electrons. The molecule has 128 valence electrons. The predicted octanol–water partition coefficient (Wildman–Crippen LogP) is 3.28. The van der Waals surface area contributed by atoms with Crippen molar-refractivity contribution in [2.75, 3.05) is 14.1 Å². The van der Waals surface area contributed by atoms with E-state index in [0.29, 0.717) is 6.54 Å². The Hall–Kier alpha value is -2.47. The van der Waals surface area contributed by atoms with Gasteiger partial charge in [0.25, 0.3) is 5.91 Å². The molecule has 2 aromatic carbocycles. The first-order valence-corrected chi connectivity index (χ1v) is 7.49. The van der Waals surface area contributed by atoms with E-state index in [-0.39, 0.29) is 17.2 Å². The average molecular weight is 334 g/mol. The third-order valence-corrected chi connectivity index (χ3v) is 3.30. The number of ether oxygens (including phenoxy) is 1. The fraction of sp³-hybridized carbons (Fsp3) is 0.278. The average Bonchev–Trinajstić information content (AvgIpc) is 2.53. The smallest absolute Gasteiger partial charge is 0.387 e. The summed E-state index contributed by atoms with van der Waals surface area (Å²) in [5, 5.41) is 2.76. The molecule has 0 aliphatic rings. The van der Waals surface area contributed by atoms with Crippen molar-refractivity contribution in [1.82, 2.24) is 10.2 Å². The van der Waals surface area contributed by atoms with Gasteiger partial charge in [0, 0.05) is 18.7 Å². The van der Waals surface area contributed by atoms with E-state index < -0.39 is 6.61 Å². The van der Waals surface area contributed by atoms with Gasteiger partial charge in [-0.05, 0) is 43.4 Å². The fourth-order valence-corrected chi connectivity index (χ4v) is 2.23. The van der Waals surface area contributed by atoms with Crippen molar-refractivity contribution in [3.63, 3.8) is 0 Å². The van der Waals surface area contributed by atoms with Gasteiger partial charge in [0.1, 0.15) is 5.75 Å². The van der Waals surface area contributed by atoms with E-state index in [1.165, 1.54) is 23.8 Å². The second-order valence-electron chi connectivity index (χ2n) is 5.64. The second kappa shape index (κ2) is 8.40. The van der Waals surface area contributed by atoms with Crippen LogP contribution in [0.4, 0.5) is 8.78 Å². The lowest BCUT2D eigenvalue weighted by Crippen LogP contribution is -2.22. The maximum absolute atomic E-state index is 12.2. The molecule has 1 amide bonds. The number of amides is 1. The van der Waals surface area contributed by atoms with Crippen LogP contribution in [0.2, 0.25) is 0 Å². The summed E-state index contributed by atoms with van der Waals surface area (Å²) in [6, 6.07) is 13.7. The van der Waals surface area contributed by atoms with Gasteiger partial charge in [-0.25, -0.2) is 0 Å². The lowest BCUT2D eigenvalue weighted by Gasteiger charge is -2.11. The first kappa shape index (κ1) is 17.9. The summed E-state index contributed by atoms with van der Waals surface area (Å²) in [5.41, 5.74) is 2.43. The summed E-state index contributed by atoms with van der Waals surface area (Å²) in [7, 11) is 4.00. The molecule has 2 aromatic rings. The highest BCUT2D eigenvalue weighted by atomic mass is 19.3. The molecule has 6 heteroatoms. The Balaban J connectivity index is 1.93. The van der Waals surface area contributed by atoms with Crippen molar-refractivity contribution < 1.29 is 18.3 Å². The van der Waals surface area contributed by atoms with Crippen LogP contribution in [0.5, 0.6) is 5.75 Å². The number of hydrogen-bond donors (Lipinski definition) is 1. The van der Waals surface area contributed by atoms with Gasteiger partial charge >= 0.3 is 6.61 Å². The highest BCUT2D eigenvalue weighted by molar-refractivity contribution is 5.94. The van der Waals surface area contributed by atoms with Gasteiger partial charge < -0.3 is 15.0 Å². The maximum atomic E-state index is 12.2. The molecule has 0 bridgehead atoms. The van der Waals surface area contributed by atoms with Crippen LogP contribution in [0, 0.1) is 0 Å². The van der Waals surface area contributed by atoms with Gasteiger partial charge in [-0.3, -0.25) is 4.79 Å². The Morgan fingerprint density at radius 2 is 1.79 bits per heavy atom. The minimum Gasteiger partial charge on any atom is -0.435 e. The Kier molecular flexibility index (Phi) is 6.26. The van der Waals surface area contributed by atoms with E-state index in [2.05, 4.69) is 15.0 Å². The zero-order valence-corrected chi connectivity index (χ0v) is 13.6. The van der Waals surface area contributed by atoms with Gasteiger partial charge in [-0.2, -0.15) is 8.78 Å². The van der Waals surface area contributed by atoms with Gasteiger partial charge in [-0.1, -0.05) is 30.3 Å². The molecule has 24 heavy (non-hydrogen) atoms. The summed E-state index contributed by atoms with van der Waals surface area (Å²) >= 11 is 0. The number of hydrogen-bond acceptors (Lipinski definition) is 3. The van der Waals surface area contributed by atoms with E-state index in [4.69, 9.17) is 0 Å². The largest absolute Gasteiger partial charge is 0.435 e. The van der Waals surface area contributed by atoms with Crippen LogP contribution in [0.1, 0.15) is 21.5 Å². The van der Waals surface area contributed by atoms with E-state index in [9.17, 15) is 13.6 Å². The van der Waals surface area contributed by atoms with Crippen LogP contribution in [0.25, 0.3) is 0 Å². The number of rotatable bonds is 7. The number of nitrogens with zero attached hydrogens (tertiary/aromatic N) is 1. The number of carbonyl (C=O) groups excluding carboxylic acids is 1. The monoisotopic (exact) mass is 334 g/mol. The first-order chi connectivity index (χ1) is 11.4. The molecule has 0 heterocycles. The van der Waals surface area contributed by atoms with Crippen LogP contribution < -0.4 is 10.1 Å². The molecule has 0 aromatic heterocycles. The van der Waals surface area contributed by atoms with Crippen molar-refractivity contribution >= 4 is 5.91 Å². The summed E-state index contributed by atoms with van der Waals surface area (Å²) in [6.07, 6.45) is 0. The first-order valence-electron chi connectivity index (χ1n) is 7.49. The molecule has 0 spiro atoms. The third kappa shape index (κ3) is 5.62. The van der Waals surface area contributed by atoms with E-state index in [1.54, 1.807) is 6.07 Å². The van der Waals surface area contributed by atoms with Gasteiger partial charge in [0.05, 0.1) is 0 Å². The molecule has 0 saturated heterocycles. The molecule has 1 N–H and O–H groups in total. The summed E-state index contributed by atoms with van der Waals surface area (Å²) in [4.78, 5) is 14.2. The third-order valence-electron chi connectivity index (χ3n) is 3.30. The van der Waals surface area contributed by atoms with Crippen LogP contribution in [0.3, 0.4) is 0 Å². The van der Waals surface area contributed by atoms with Gasteiger partial charge in [-0.15, -0.1) is 0 Å². The molecule has 0 fully saturated rings. The predicted molar refractivity (Wildman–Crippen MR) is 88.1 cm³/mol. The van der Waals surface area contributed by atoms with Crippen LogP contribution in [-0.4, -0.2) is 31.5 Å². The quantitative estimate of drug-likeness (QED) is 0.845. The molecular weight excluding hydrogens is 314 g/mol. The van der Waals surface area contributed by atoms with Crippen molar-refractivity contribution in [2.24, 2.45) is 0 Å². The molecule has 0 unspecified atom stereocenters. The summed E-state index contributed by atoms with van der Waals surface area (Å²) in [6.45, 7) is -1.70. The lowest BCUT2D eigenvalue weighted by atomic mass is 10.1. The van der Waals surface area contributed by atoms with Gasteiger partial charge in [0.2, 0.25) is 0 Å². The Labute approximate surface area is 140 Å². The van der Waals surface area contributed by atoms with Crippen molar-refractivity contribution in [3.05, 3.63) is 65.2 Å². The number of benzene rings is 2. The molecule has 0 saturated carbocycles. The molecular formula is C18H20F2N2O2. The van der Waals surface area contributed by atoms with Crippen molar-refractivity contribution in [3.8, 4) is 5.75 Å². The normalized spacial score (nSPS) is 10.9. The molecule has 0 aliphatic carbocycles. The minimum atomic E-state index is -2.91. The number of nitrogens with one attached hydrogen (secondary N) is 1. The molecule has 0 atom stereocenters. The van der Waals surface area contributed by atoms with Gasteiger partial charge in [0.15, 0.2) is 0 Å². The number of carbonyl (C=O) groups is 1. The Bertz CT molecular complexity index is 673. The topological polar surface area (TPSA) is 41.6 Å². The van der Waals surface area contributed by atoms with Crippen molar-refractivity contribution in [2.45, 2.75) is 19.7 Å². The second-order valence-corrected chi connectivity index (χ2v) is 5.64. The Morgan fingerprint density at radius 1 is 1.12 bits per heavy atom. The highest BCUT2D eigenvalue weighted by Crippen LogP contribution is 2.16. The number of halogens is 2. The van der Waals surface area contributed by atoms with Crippen LogP contribution in [-0.2, 0) is 13.1 Å². The summed E-state index contributed by atoms with van der Waals surface area (Å²) in [5.74, 6) is -0.377. The number of alkyl halides is 2. The van der Waals surface area contributed by atoms with E-state index >= 15 is 0 Å². The summed E-state index contributed by atoms with van der Waals surface area (Å²) < 4.78 is 28.7. The van der Waals surface area contributed by atoms with E-state index in [1.807, 2.05) is 38.4 Å². The highest BCUT2D eigenvalue weighted by Gasteiger charge is 2.09. The van der Waals surface area contributed by atoms with Crippen LogP contribution >= 0.6 is 0 Å². The minimum absolute atomic E-state index is 0.0364. The lowest BCUT2D eigenvalue weighted by molar-refractivity contribution is -0.0498. The molecule has 2 rings (SSSR count). The SMILES string of the molecule is CN(C)Cc1ccc(CNC(=O)c2cccc(OC(F)F)c2)cc1. The Morgan fingerprint density at radius 3 is 2.42 bits per heavy atom. The van der Waals surface area contributed by atoms with Crippen molar-refractivity contribution in [1.29, 1.82) is 0 Å². The fourth-order valence-electron chi connectivity index (χ4n) is 2.23. The zero-order valence-electron chi connectivity index (χ0n) is 13.6. The maximum Gasteiger partial charge on any atom is 0.387 e. The molecule has 4 nitrogen and oxygen atoms in total. The molecule has 0 aliphatic heterocycles. The van der Waals surface area contributed by atoms with E-state index in [0.717, 1.165) is 12.1 Å². The van der Waals surface area contributed by atoms with Crippen LogP contribution in [0.15, 0.2) is 48.5 Å². The standard InChI is InChI=1S/C18H20F2N2O2/c1-22(2)12-14-8-6-13(7-9-14)11-21-17(23)15-4-3-5-16(10-15)24-18(19)20/h3-10,18H,11-12H2,1-2H3,(H,21,23). The zero-order chi connectivity index (χ0) is 17.5.